The molecule has 3 rings (SSSR count). The number of alkyl halides is 3. The van der Waals surface area contributed by atoms with Crippen molar-refractivity contribution in [1.29, 1.82) is 0 Å². The lowest BCUT2D eigenvalue weighted by Gasteiger charge is -2.32. The topological polar surface area (TPSA) is 62.3 Å². The largest absolute Gasteiger partial charge is 0.416 e. The Hall–Kier alpha value is -2.42. The van der Waals surface area contributed by atoms with E-state index >= 15 is 0 Å². The third-order valence-electron chi connectivity index (χ3n) is 4.52. The SMILES string of the molecule is O=C(Nc1ccc(Br)cn1)[C@@H]1CCCN(C(=O)c2ccc(C(F)(F)F)cc2)C1. The lowest BCUT2D eigenvalue weighted by Crippen LogP contribution is -2.43. The zero-order valence-electron chi connectivity index (χ0n) is 14.7. The Morgan fingerprint density at radius 2 is 1.86 bits per heavy atom. The van der Waals surface area contributed by atoms with E-state index < -0.39 is 17.7 Å². The molecule has 148 valence electrons. The summed E-state index contributed by atoms with van der Waals surface area (Å²) in [5.74, 6) is -0.607. The highest BCUT2D eigenvalue weighted by Gasteiger charge is 2.32. The van der Waals surface area contributed by atoms with E-state index in [1.807, 2.05) is 0 Å². The Kier molecular flexibility index (Phi) is 6.02. The van der Waals surface area contributed by atoms with Crippen molar-refractivity contribution in [1.82, 2.24) is 9.88 Å². The number of hydrogen-bond acceptors (Lipinski definition) is 3. The second kappa shape index (κ2) is 8.30. The van der Waals surface area contributed by atoms with Gasteiger partial charge in [-0.1, -0.05) is 0 Å². The molecule has 1 saturated heterocycles. The number of hydrogen-bond donors (Lipinski definition) is 1. The normalized spacial score (nSPS) is 17.3. The fourth-order valence-electron chi connectivity index (χ4n) is 3.04. The van der Waals surface area contributed by atoms with Crippen molar-refractivity contribution in [3.05, 3.63) is 58.2 Å². The zero-order valence-corrected chi connectivity index (χ0v) is 16.3. The first kappa shape index (κ1) is 20.3. The van der Waals surface area contributed by atoms with Crippen LogP contribution in [0.4, 0.5) is 19.0 Å². The highest BCUT2D eigenvalue weighted by atomic mass is 79.9. The number of halogens is 4. The first-order valence-corrected chi connectivity index (χ1v) is 9.42. The van der Waals surface area contributed by atoms with Crippen LogP contribution in [0.1, 0.15) is 28.8 Å². The average Bonchev–Trinajstić information content (AvgIpc) is 2.68. The summed E-state index contributed by atoms with van der Waals surface area (Å²) in [6.07, 6.45) is -1.62. The molecule has 0 aliphatic carbocycles. The van der Waals surface area contributed by atoms with Crippen LogP contribution in [0.15, 0.2) is 47.1 Å². The van der Waals surface area contributed by atoms with Crippen LogP contribution in [0, 0.1) is 5.92 Å². The summed E-state index contributed by atoms with van der Waals surface area (Å²) in [7, 11) is 0. The Balaban J connectivity index is 1.64. The van der Waals surface area contributed by atoms with E-state index in [-0.39, 0.29) is 23.9 Å². The van der Waals surface area contributed by atoms with Gasteiger partial charge in [0, 0.05) is 29.3 Å². The molecule has 0 bridgehead atoms. The summed E-state index contributed by atoms with van der Waals surface area (Å²) in [4.78, 5) is 30.7. The van der Waals surface area contributed by atoms with Gasteiger partial charge in [0.25, 0.3) is 5.91 Å². The van der Waals surface area contributed by atoms with Crippen LogP contribution < -0.4 is 5.32 Å². The maximum atomic E-state index is 12.7. The van der Waals surface area contributed by atoms with E-state index in [4.69, 9.17) is 0 Å². The number of nitrogens with zero attached hydrogens (tertiary/aromatic N) is 2. The first-order valence-electron chi connectivity index (χ1n) is 8.63. The van der Waals surface area contributed by atoms with Crippen molar-refractivity contribution in [2.45, 2.75) is 19.0 Å². The molecule has 9 heteroatoms. The van der Waals surface area contributed by atoms with Gasteiger partial charge in [0.1, 0.15) is 5.82 Å². The molecule has 1 aromatic carbocycles. The van der Waals surface area contributed by atoms with Gasteiger partial charge in [-0.3, -0.25) is 9.59 Å². The van der Waals surface area contributed by atoms with Crippen LogP contribution in [-0.2, 0) is 11.0 Å². The van der Waals surface area contributed by atoms with Crippen molar-refractivity contribution in [2.75, 3.05) is 18.4 Å². The smallest absolute Gasteiger partial charge is 0.338 e. The van der Waals surface area contributed by atoms with Crippen molar-refractivity contribution in [2.24, 2.45) is 5.92 Å². The molecule has 1 N–H and O–H groups in total. The summed E-state index contributed by atoms with van der Waals surface area (Å²) in [6, 6.07) is 7.53. The average molecular weight is 456 g/mol. The quantitative estimate of drug-likeness (QED) is 0.747. The van der Waals surface area contributed by atoms with Gasteiger partial charge >= 0.3 is 6.18 Å². The number of aromatic nitrogens is 1. The highest BCUT2D eigenvalue weighted by molar-refractivity contribution is 9.10. The number of carbonyl (C=O) groups excluding carboxylic acids is 2. The summed E-state index contributed by atoms with van der Waals surface area (Å²) >= 11 is 3.27. The maximum absolute atomic E-state index is 12.7. The molecule has 0 unspecified atom stereocenters. The molecule has 1 aliphatic heterocycles. The molecule has 1 atom stereocenters. The van der Waals surface area contributed by atoms with E-state index in [0.29, 0.717) is 25.2 Å². The van der Waals surface area contributed by atoms with Crippen molar-refractivity contribution in [3.8, 4) is 0 Å². The molecule has 1 aromatic heterocycles. The molecule has 1 aliphatic rings. The Morgan fingerprint density at radius 1 is 1.14 bits per heavy atom. The molecule has 1 fully saturated rings. The Labute approximate surface area is 168 Å². The highest BCUT2D eigenvalue weighted by Crippen LogP contribution is 2.29. The molecule has 2 heterocycles. The van der Waals surface area contributed by atoms with Gasteiger partial charge in [0.15, 0.2) is 0 Å². The minimum atomic E-state index is -4.45. The lowest BCUT2D eigenvalue weighted by molar-refractivity contribution is -0.137. The van der Waals surface area contributed by atoms with E-state index in [1.165, 1.54) is 17.0 Å². The van der Waals surface area contributed by atoms with Gasteiger partial charge in [0.2, 0.25) is 5.91 Å². The van der Waals surface area contributed by atoms with Gasteiger partial charge in [0.05, 0.1) is 11.5 Å². The summed E-state index contributed by atoms with van der Waals surface area (Å²) < 4.78 is 38.8. The van der Waals surface area contributed by atoms with Crippen LogP contribution in [0.2, 0.25) is 0 Å². The predicted octanol–water partition coefficient (Wildman–Crippen LogP) is 4.35. The molecule has 0 saturated carbocycles. The molecule has 0 radical (unpaired) electrons. The Morgan fingerprint density at radius 3 is 2.46 bits per heavy atom. The number of rotatable bonds is 3. The predicted molar refractivity (Wildman–Crippen MR) is 101 cm³/mol. The molecule has 28 heavy (non-hydrogen) atoms. The number of likely N-dealkylation sites (tertiary alicyclic amines) is 1. The minimum Gasteiger partial charge on any atom is -0.338 e. The first-order chi connectivity index (χ1) is 13.2. The van der Waals surface area contributed by atoms with Crippen LogP contribution in [0.25, 0.3) is 0 Å². The van der Waals surface area contributed by atoms with E-state index in [0.717, 1.165) is 16.6 Å². The summed E-state index contributed by atoms with van der Waals surface area (Å²) in [6.45, 7) is 0.669. The van der Waals surface area contributed by atoms with Gasteiger partial charge in [-0.2, -0.15) is 13.2 Å². The number of amides is 2. The van der Waals surface area contributed by atoms with E-state index in [2.05, 4.69) is 26.2 Å². The maximum Gasteiger partial charge on any atom is 0.416 e. The summed E-state index contributed by atoms with van der Waals surface area (Å²) in [5.41, 5.74) is -0.634. The molecular formula is C19H17BrF3N3O2. The second-order valence-electron chi connectivity index (χ2n) is 6.52. The number of piperidine rings is 1. The molecular weight excluding hydrogens is 439 g/mol. The van der Waals surface area contributed by atoms with Gasteiger partial charge < -0.3 is 10.2 Å². The minimum absolute atomic E-state index is 0.170. The molecule has 5 nitrogen and oxygen atoms in total. The third-order valence-corrected chi connectivity index (χ3v) is 4.99. The summed E-state index contributed by atoms with van der Waals surface area (Å²) in [5, 5.41) is 2.73. The molecule has 2 aromatic rings. The van der Waals surface area contributed by atoms with Gasteiger partial charge in [-0.25, -0.2) is 4.98 Å². The fraction of sp³-hybridized carbons (Fsp3) is 0.316. The number of nitrogens with one attached hydrogen (secondary N) is 1. The van der Waals surface area contributed by atoms with Crippen LogP contribution >= 0.6 is 15.9 Å². The van der Waals surface area contributed by atoms with Gasteiger partial charge in [-0.15, -0.1) is 0 Å². The van der Waals surface area contributed by atoms with E-state index in [9.17, 15) is 22.8 Å². The lowest BCUT2D eigenvalue weighted by atomic mass is 9.96. The van der Waals surface area contributed by atoms with E-state index in [1.54, 1.807) is 18.3 Å². The second-order valence-corrected chi connectivity index (χ2v) is 7.43. The van der Waals surface area contributed by atoms with Gasteiger partial charge in [-0.05, 0) is 65.2 Å². The van der Waals surface area contributed by atoms with Crippen LogP contribution in [0.5, 0.6) is 0 Å². The monoisotopic (exact) mass is 455 g/mol. The number of carbonyl (C=O) groups is 2. The number of anilines is 1. The van der Waals surface area contributed by atoms with Crippen molar-refractivity contribution >= 4 is 33.6 Å². The van der Waals surface area contributed by atoms with Crippen molar-refractivity contribution < 1.29 is 22.8 Å². The Bertz CT molecular complexity index is 854. The number of benzene rings is 1. The third kappa shape index (κ3) is 4.89. The zero-order chi connectivity index (χ0) is 20.3. The molecule has 2 amide bonds. The van der Waals surface area contributed by atoms with Crippen LogP contribution in [-0.4, -0.2) is 34.8 Å². The fourth-order valence-corrected chi connectivity index (χ4v) is 3.27. The standard InChI is InChI=1S/C19H17BrF3N3O2/c20-15-7-8-16(24-10-15)25-17(27)13-2-1-9-26(11-13)18(28)12-3-5-14(6-4-12)19(21,22)23/h3-8,10,13H,1-2,9,11H2,(H,24,25,27)/t13-/m1/s1. The number of pyridine rings is 1. The molecule has 0 spiro atoms. The van der Waals surface area contributed by atoms with Crippen LogP contribution in [0.3, 0.4) is 0 Å². The van der Waals surface area contributed by atoms with Crippen molar-refractivity contribution in [3.63, 3.8) is 0 Å².